The van der Waals surface area contributed by atoms with Gasteiger partial charge >= 0.3 is 6.18 Å². The molecule has 38 heavy (non-hydrogen) atoms. The number of imidazole rings is 1. The SMILES string of the molecule is CN(C(=O)C1CCN1CCn1cnc2ccc(C(N)=O)nc21)C1CCN(c2ncc(C(F)(F)F)cn2)CC1. The summed E-state index contributed by atoms with van der Waals surface area (Å²) < 4.78 is 40.2. The molecule has 0 bridgehead atoms. The molecule has 2 fully saturated rings. The lowest BCUT2D eigenvalue weighted by Gasteiger charge is -2.44. The molecule has 3 aromatic heterocycles. The topological polar surface area (TPSA) is 126 Å². The molecule has 0 aliphatic carbocycles. The second kappa shape index (κ2) is 10.2. The molecular weight excluding hydrogens is 503 g/mol. The van der Waals surface area contributed by atoms with Crippen LogP contribution in [0.1, 0.15) is 35.3 Å². The van der Waals surface area contributed by atoms with E-state index in [0.29, 0.717) is 50.2 Å². The van der Waals surface area contributed by atoms with Crippen molar-refractivity contribution in [2.75, 3.05) is 38.1 Å². The molecule has 2 saturated heterocycles. The molecule has 0 spiro atoms. The maximum absolute atomic E-state index is 13.3. The number of aromatic nitrogens is 5. The van der Waals surface area contributed by atoms with E-state index in [4.69, 9.17) is 5.73 Å². The molecule has 11 nitrogen and oxygen atoms in total. The first kappa shape index (κ1) is 25.8. The third-order valence-electron chi connectivity index (χ3n) is 7.37. The average molecular weight is 532 g/mol. The van der Waals surface area contributed by atoms with Crippen LogP contribution in [-0.2, 0) is 17.5 Å². The summed E-state index contributed by atoms with van der Waals surface area (Å²) >= 11 is 0. The molecule has 2 N–H and O–H groups in total. The van der Waals surface area contributed by atoms with Crippen molar-refractivity contribution >= 4 is 28.9 Å². The number of nitrogens with zero attached hydrogens (tertiary/aromatic N) is 8. The Morgan fingerprint density at radius 3 is 2.37 bits per heavy atom. The van der Waals surface area contributed by atoms with Crippen LogP contribution in [0.5, 0.6) is 0 Å². The Kier molecular flexibility index (Phi) is 6.90. The predicted molar refractivity (Wildman–Crippen MR) is 131 cm³/mol. The van der Waals surface area contributed by atoms with E-state index in [0.717, 1.165) is 25.4 Å². The standard InChI is InChI=1S/C24H28F3N9O2/c1-33(16-4-7-35(8-5-16)23-29-12-15(13-30-23)24(25,26)27)22(38)19-6-9-34(19)10-11-36-14-31-18-3-2-17(20(28)37)32-21(18)36/h2-3,12-14,16,19H,4-11H2,1H3,(H2,28,37). The minimum Gasteiger partial charge on any atom is -0.364 e. The maximum Gasteiger partial charge on any atom is 0.419 e. The van der Waals surface area contributed by atoms with Gasteiger partial charge < -0.3 is 20.1 Å². The van der Waals surface area contributed by atoms with Gasteiger partial charge in [-0.2, -0.15) is 13.2 Å². The number of hydrogen-bond donors (Lipinski definition) is 1. The number of halogens is 3. The van der Waals surface area contributed by atoms with Crippen LogP contribution in [0.4, 0.5) is 19.1 Å². The Morgan fingerprint density at radius 1 is 1.05 bits per heavy atom. The lowest BCUT2D eigenvalue weighted by atomic mass is 9.98. The number of piperidine rings is 1. The molecule has 14 heteroatoms. The van der Waals surface area contributed by atoms with E-state index in [1.165, 1.54) is 0 Å². The van der Waals surface area contributed by atoms with Gasteiger partial charge in [-0.05, 0) is 31.4 Å². The Bertz CT molecular complexity index is 1320. The lowest BCUT2D eigenvalue weighted by molar-refractivity contribution is -0.143. The van der Waals surface area contributed by atoms with E-state index in [-0.39, 0.29) is 29.6 Å². The summed E-state index contributed by atoms with van der Waals surface area (Å²) in [4.78, 5) is 46.9. The molecule has 2 amide bonds. The quantitative estimate of drug-likeness (QED) is 0.487. The predicted octanol–water partition coefficient (Wildman–Crippen LogP) is 1.54. The summed E-state index contributed by atoms with van der Waals surface area (Å²) in [6.45, 7) is 3.10. The molecule has 2 aliphatic rings. The van der Waals surface area contributed by atoms with Gasteiger partial charge in [0.2, 0.25) is 11.9 Å². The second-order valence-corrected chi connectivity index (χ2v) is 9.62. The zero-order valence-corrected chi connectivity index (χ0v) is 20.8. The van der Waals surface area contributed by atoms with Crippen molar-refractivity contribution < 1.29 is 22.8 Å². The van der Waals surface area contributed by atoms with E-state index < -0.39 is 17.6 Å². The first-order valence-corrected chi connectivity index (χ1v) is 12.4. The van der Waals surface area contributed by atoms with Crippen molar-refractivity contribution in [3.05, 3.63) is 42.1 Å². The van der Waals surface area contributed by atoms with Crippen molar-refractivity contribution in [3.63, 3.8) is 0 Å². The van der Waals surface area contributed by atoms with Gasteiger partial charge in [-0.15, -0.1) is 0 Å². The highest BCUT2D eigenvalue weighted by Crippen LogP contribution is 2.29. The molecule has 0 radical (unpaired) electrons. The lowest BCUT2D eigenvalue weighted by Crippen LogP contribution is -2.59. The van der Waals surface area contributed by atoms with Gasteiger partial charge in [-0.1, -0.05) is 0 Å². The van der Waals surface area contributed by atoms with E-state index in [1.54, 1.807) is 23.4 Å². The summed E-state index contributed by atoms with van der Waals surface area (Å²) in [6, 6.07) is 3.08. The van der Waals surface area contributed by atoms with Gasteiger partial charge in [0.05, 0.1) is 17.9 Å². The number of carbonyl (C=O) groups is 2. The first-order valence-electron chi connectivity index (χ1n) is 12.4. The highest BCUT2D eigenvalue weighted by atomic mass is 19.4. The molecule has 1 unspecified atom stereocenters. The molecule has 0 aromatic carbocycles. The maximum atomic E-state index is 13.3. The smallest absolute Gasteiger partial charge is 0.364 e. The number of rotatable bonds is 7. The fraction of sp³-hybridized carbons (Fsp3) is 0.500. The van der Waals surface area contributed by atoms with Crippen molar-refractivity contribution in [2.45, 2.75) is 44.1 Å². The molecule has 5 rings (SSSR count). The fourth-order valence-corrected chi connectivity index (χ4v) is 4.96. The molecule has 2 aliphatic heterocycles. The Morgan fingerprint density at radius 2 is 1.76 bits per heavy atom. The summed E-state index contributed by atoms with van der Waals surface area (Å²) in [5, 5.41) is 0. The van der Waals surface area contributed by atoms with Gasteiger partial charge in [-0.25, -0.2) is 19.9 Å². The van der Waals surface area contributed by atoms with Crippen LogP contribution in [0.15, 0.2) is 30.9 Å². The third-order valence-corrected chi connectivity index (χ3v) is 7.37. The first-order chi connectivity index (χ1) is 18.1. The number of carbonyl (C=O) groups excluding carboxylic acids is 2. The number of primary amides is 1. The highest BCUT2D eigenvalue weighted by Gasteiger charge is 2.38. The fourth-order valence-electron chi connectivity index (χ4n) is 4.96. The second-order valence-electron chi connectivity index (χ2n) is 9.62. The average Bonchev–Trinajstić information content (AvgIpc) is 3.29. The summed E-state index contributed by atoms with van der Waals surface area (Å²) in [6.07, 6.45) is 0.920. The Labute approximate surface area is 216 Å². The summed E-state index contributed by atoms with van der Waals surface area (Å²) in [5.74, 6) is -0.279. The van der Waals surface area contributed by atoms with E-state index in [2.05, 4.69) is 24.8 Å². The third kappa shape index (κ3) is 5.12. The molecule has 0 saturated carbocycles. The van der Waals surface area contributed by atoms with Gasteiger partial charge in [0, 0.05) is 58.2 Å². The van der Waals surface area contributed by atoms with Crippen molar-refractivity contribution in [1.82, 2.24) is 34.3 Å². The number of alkyl halides is 3. The Balaban J connectivity index is 1.14. The normalized spacial score (nSPS) is 18.9. The molecule has 5 heterocycles. The van der Waals surface area contributed by atoms with Crippen LogP contribution in [0.3, 0.4) is 0 Å². The van der Waals surface area contributed by atoms with Crippen LogP contribution >= 0.6 is 0 Å². The highest BCUT2D eigenvalue weighted by molar-refractivity contribution is 5.92. The van der Waals surface area contributed by atoms with E-state index in [9.17, 15) is 22.8 Å². The number of likely N-dealkylation sites (tertiary alicyclic amines) is 1. The minimum atomic E-state index is -4.47. The van der Waals surface area contributed by atoms with Crippen LogP contribution < -0.4 is 10.6 Å². The zero-order chi connectivity index (χ0) is 27.0. The Hall–Kier alpha value is -3.81. The van der Waals surface area contributed by atoms with Crippen LogP contribution in [-0.4, -0.2) is 91.4 Å². The number of pyridine rings is 1. The van der Waals surface area contributed by atoms with Crippen LogP contribution in [0.25, 0.3) is 11.2 Å². The van der Waals surface area contributed by atoms with E-state index >= 15 is 0 Å². The van der Waals surface area contributed by atoms with Crippen molar-refractivity contribution in [1.29, 1.82) is 0 Å². The van der Waals surface area contributed by atoms with Gasteiger partial charge in [-0.3, -0.25) is 14.5 Å². The summed E-state index contributed by atoms with van der Waals surface area (Å²) in [5.41, 5.74) is 5.89. The van der Waals surface area contributed by atoms with Crippen molar-refractivity contribution in [2.24, 2.45) is 5.73 Å². The van der Waals surface area contributed by atoms with Gasteiger partial charge in [0.15, 0.2) is 5.65 Å². The molecular formula is C24H28F3N9O2. The number of anilines is 1. The number of fused-ring (bicyclic) bond motifs is 1. The largest absolute Gasteiger partial charge is 0.419 e. The van der Waals surface area contributed by atoms with Crippen molar-refractivity contribution in [3.8, 4) is 0 Å². The molecule has 3 aromatic rings. The number of hydrogen-bond acceptors (Lipinski definition) is 8. The minimum absolute atomic E-state index is 0.0321. The van der Waals surface area contributed by atoms with Gasteiger partial charge in [0.25, 0.3) is 5.91 Å². The van der Waals surface area contributed by atoms with Gasteiger partial charge in [0.1, 0.15) is 11.2 Å². The zero-order valence-electron chi connectivity index (χ0n) is 20.8. The number of likely N-dealkylation sites (N-methyl/N-ethyl adjacent to an activating group) is 1. The monoisotopic (exact) mass is 531 g/mol. The van der Waals surface area contributed by atoms with E-state index in [1.807, 2.05) is 16.5 Å². The van der Waals surface area contributed by atoms with Crippen LogP contribution in [0, 0.1) is 0 Å². The number of nitrogens with two attached hydrogens (primary N) is 1. The molecule has 202 valence electrons. The number of amides is 2. The molecule has 1 atom stereocenters. The summed E-state index contributed by atoms with van der Waals surface area (Å²) in [7, 11) is 1.81. The van der Waals surface area contributed by atoms with Crippen LogP contribution in [0.2, 0.25) is 0 Å².